The van der Waals surface area contributed by atoms with Crippen LogP contribution in [0.1, 0.15) is 11.8 Å². The lowest BCUT2D eigenvalue weighted by Crippen LogP contribution is -2.26. The number of nitrogens with zero attached hydrogens (tertiary/aromatic N) is 2. The standard InChI is InChI=1S/C28H22FN3O2S2/c1-17-23(19-9-5-3-6-10-19)24-26(35-17)31-28(32(27(24)34)22-11-7-4-8-12-22)36-18(2)25(33)30-21-15-13-20(29)14-16-21/h3-16,18H,1-2H3,(H,30,33). The molecule has 180 valence electrons. The number of para-hydroxylation sites is 1. The highest BCUT2D eigenvalue weighted by atomic mass is 32.2. The van der Waals surface area contributed by atoms with Gasteiger partial charge in [-0.25, -0.2) is 9.37 Å². The van der Waals surface area contributed by atoms with Crippen molar-refractivity contribution in [2.45, 2.75) is 24.3 Å². The summed E-state index contributed by atoms with van der Waals surface area (Å²) >= 11 is 2.68. The number of rotatable bonds is 6. The molecule has 0 saturated carbocycles. The Balaban J connectivity index is 1.59. The van der Waals surface area contributed by atoms with Gasteiger partial charge in [0.15, 0.2) is 5.16 Å². The third kappa shape index (κ3) is 4.69. The van der Waals surface area contributed by atoms with Crippen LogP contribution in [0, 0.1) is 12.7 Å². The zero-order valence-electron chi connectivity index (χ0n) is 19.6. The largest absolute Gasteiger partial charge is 0.325 e. The van der Waals surface area contributed by atoms with Crippen molar-refractivity contribution >= 4 is 44.9 Å². The van der Waals surface area contributed by atoms with Crippen LogP contribution in [0.25, 0.3) is 27.0 Å². The quantitative estimate of drug-likeness (QED) is 0.202. The molecule has 0 aliphatic rings. The number of carbonyl (C=O) groups excluding carboxylic acids is 1. The van der Waals surface area contributed by atoms with E-state index in [1.165, 1.54) is 47.4 Å². The van der Waals surface area contributed by atoms with E-state index in [1.807, 2.05) is 67.6 Å². The molecule has 1 N–H and O–H groups in total. The van der Waals surface area contributed by atoms with Crippen molar-refractivity contribution in [2.75, 3.05) is 5.32 Å². The number of thioether (sulfide) groups is 1. The summed E-state index contributed by atoms with van der Waals surface area (Å²) in [6.45, 7) is 3.75. The van der Waals surface area contributed by atoms with E-state index < -0.39 is 5.25 Å². The van der Waals surface area contributed by atoms with Gasteiger partial charge in [-0.1, -0.05) is 60.3 Å². The highest BCUT2D eigenvalue weighted by molar-refractivity contribution is 8.00. The summed E-state index contributed by atoms with van der Waals surface area (Å²) in [5, 5.41) is 3.23. The fraction of sp³-hybridized carbons (Fsp3) is 0.107. The van der Waals surface area contributed by atoms with E-state index in [0.717, 1.165) is 16.0 Å². The minimum Gasteiger partial charge on any atom is -0.325 e. The fourth-order valence-electron chi connectivity index (χ4n) is 3.97. The zero-order chi connectivity index (χ0) is 25.2. The Bertz CT molecular complexity index is 1600. The number of halogens is 1. The Morgan fingerprint density at radius 3 is 2.31 bits per heavy atom. The van der Waals surface area contributed by atoms with Gasteiger partial charge in [-0.05, 0) is 55.8 Å². The summed E-state index contributed by atoms with van der Waals surface area (Å²) in [6.07, 6.45) is 0. The van der Waals surface area contributed by atoms with E-state index in [4.69, 9.17) is 4.98 Å². The molecule has 0 radical (unpaired) electrons. The molecule has 0 saturated heterocycles. The molecule has 0 spiro atoms. The van der Waals surface area contributed by atoms with Gasteiger partial charge in [0, 0.05) is 16.1 Å². The minimum absolute atomic E-state index is 0.178. The second kappa shape index (κ2) is 10.1. The van der Waals surface area contributed by atoms with Gasteiger partial charge in [0.25, 0.3) is 5.56 Å². The highest BCUT2D eigenvalue weighted by Gasteiger charge is 2.24. The minimum atomic E-state index is -0.566. The van der Waals surface area contributed by atoms with Gasteiger partial charge in [0.05, 0.1) is 16.3 Å². The van der Waals surface area contributed by atoms with Gasteiger partial charge in [-0.2, -0.15) is 0 Å². The Morgan fingerprint density at radius 1 is 1.00 bits per heavy atom. The second-order valence-electron chi connectivity index (χ2n) is 8.21. The van der Waals surface area contributed by atoms with Crippen LogP contribution < -0.4 is 10.9 Å². The van der Waals surface area contributed by atoms with Crippen molar-refractivity contribution in [1.29, 1.82) is 0 Å². The van der Waals surface area contributed by atoms with Crippen molar-refractivity contribution < 1.29 is 9.18 Å². The summed E-state index contributed by atoms with van der Waals surface area (Å²) in [6, 6.07) is 24.7. The van der Waals surface area contributed by atoms with Crippen molar-refractivity contribution in [3.05, 3.63) is 106 Å². The molecule has 5 aromatic rings. The predicted molar refractivity (Wildman–Crippen MR) is 146 cm³/mol. The SMILES string of the molecule is Cc1sc2nc(SC(C)C(=O)Nc3ccc(F)cc3)n(-c3ccccc3)c(=O)c2c1-c1ccccc1. The Kier molecular flexibility index (Phi) is 6.71. The first-order valence-electron chi connectivity index (χ1n) is 11.3. The average molecular weight is 516 g/mol. The molecule has 1 atom stereocenters. The molecule has 1 unspecified atom stereocenters. The number of amides is 1. The molecular weight excluding hydrogens is 493 g/mol. The first-order valence-corrected chi connectivity index (χ1v) is 13.0. The third-order valence-electron chi connectivity index (χ3n) is 5.71. The third-order valence-corrected chi connectivity index (χ3v) is 7.76. The van der Waals surface area contributed by atoms with Gasteiger partial charge in [-0.3, -0.25) is 14.2 Å². The number of hydrogen-bond acceptors (Lipinski definition) is 5. The molecule has 3 aromatic carbocycles. The van der Waals surface area contributed by atoms with E-state index in [1.54, 1.807) is 11.5 Å². The molecule has 0 bridgehead atoms. The molecule has 5 rings (SSSR count). The maximum absolute atomic E-state index is 14.0. The van der Waals surface area contributed by atoms with Gasteiger partial charge in [0.1, 0.15) is 10.6 Å². The molecule has 36 heavy (non-hydrogen) atoms. The molecule has 8 heteroatoms. The normalized spacial score (nSPS) is 12.0. The maximum Gasteiger partial charge on any atom is 0.268 e. The van der Waals surface area contributed by atoms with Crippen molar-refractivity contribution in [1.82, 2.24) is 9.55 Å². The number of hydrogen-bond donors (Lipinski definition) is 1. The summed E-state index contributed by atoms with van der Waals surface area (Å²) in [5.74, 6) is -0.645. The van der Waals surface area contributed by atoms with Crippen molar-refractivity contribution in [2.24, 2.45) is 0 Å². The number of aryl methyl sites for hydroxylation is 1. The smallest absolute Gasteiger partial charge is 0.268 e. The molecule has 5 nitrogen and oxygen atoms in total. The number of fused-ring (bicyclic) bond motifs is 1. The van der Waals surface area contributed by atoms with Gasteiger partial charge in [-0.15, -0.1) is 11.3 Å². The topological polar surface area (TPSA) is 64.0 Å². The van der Waals surface area contributed by atoms with Crippen LogP contribution in [0.4, 0.5) is 10.1 Å². The molecule has 2 aromatic heterocycles. The lowest BCUT2D eigenvalue weighted by molar-refractivity contribution is -0.115. The zero-order valence-corrected chi connectivity index (χ0v) is 21.2. The highest BCUT2D eigenvalue weighted by Crippen LogP contribution is 2.37. The molecular formula is C28H22FN3O2S2. The van der Waals surface area contributed by atoms with Crippen LogP contribution in [0.15, 0.2) is 94.9 Å². The van der Waals surface area contributed by atoms with Crippen LogP contribution in [-0.4, -0.2) is 20.7 Å². The second-order valence-corrected chi connectivity index (χ2v) is 10.7. The van der Waals surface area contributed by atoms with Crippen molar-refractivity contribution in [3.63, 3.8) is 0 Å². The first kappa shape index (κ1) is 24.0. The lowest BCUT2D eigenvalue weighted by Gasteiger charge is -2.16. The fourth-order valence-corrected chi connectivity index (χ4v) is 5.98. The number of nitrogens with one attached hydrogen (secondary N) is 1. The van der Waals surface area contributed by atoms with E-state index in [9.17, 15) is 14.0 Å². The summed E-state index contributed by atoms with van der Waals surface area (Å²) in [5.41, 5.74) is 2.85. The van der Waals surface area contributed by atoms with Gasteiger partial charge in [0.2, 0.25) is 5.91 Å². The Hall–Kier alpha value is -3.75. The number of anilines is 1. The number of benzene rings is 3. The predicted octanol–water partition coefficient (Wildman–Crippen LogP) is 6.68. The average Bonchev–Trinajstić information content (AvgIpc) is 3.22. The lowest BCUT2D eigenvalue weighted by atomic mass is 10.0. The van der Waals surface area contributed by atoms with Crippen LogP contribution >= 0.6 is 23.1 Å². The monoisotopic (exact) mass is 515 g/mol. The van der Waals surface area contributed by atoms with Crippen LogP contribution in [0.2, 0.25) is 0 Å². The van der Waals surface area contributed by atoms with Gasteiger partial charge >= 0.3 is 0 Å². The Labute approximate surface area is 215 Å². The summed E-state index contributed by atoms with van der Waals surface area (Å²) < 4.78 is 14.8. The van der Waals surface area contributed by atoms with Crippen molar-refractivity contribution in [3.8, 4) is 16.8 Å². The summed E-state index contributed by atoms with van der Waals surface area (Å²) in [7, 11) is 0. The van der Waals surface area contributed by atoms with E-state index >= 15 is 0 Å². The molecule has 0 aliphatic carbocycles. The van der Waals surface area contributed by atoms with E-state index in [-0.39, 0.29) is 17.3 Å². The molecule has 2 heterocycles. The first-order chi connectivity index (χ1) is 17.4. The van der Waals surface area contributed by atoms with Crippen LogP contribution in [0.5, 0.6) is 0 Å². The van der Waals surface area contributed by atoms with Gasteiger partial charge < -0.3 is 5.32 Å². The maximum atomic E-state index is 14.0. The Morgan fingerprint density at radius 2 is 1.64 bits per heavy atom. The molecule has 0 fully saturated rings. The molecule has 0 aliphatic heterocycles. The number of carbonyl (C=O) groups is 1. The number of aromatic nitrogens is 2. The van der Waals surface area contributed by atoms with E-state index in [0.29, 0.717) is 26.7 Å². The van der Waals surface area contributed by atoms with E-state index in [2.05, 4.69) is 5.32 Å². The molecule has 1 amide bonds. The van der Waals surface area contributed by atoms with Crippen LogP contribution in [-0.2, 0) is 4.79 Å². The summed E-state index contributed by atoms with van der Waals surface area (Å²) in [4.78, 5) is 33.4. The van der Waals surface area contributed by atoms with Crippen LogP contribution in [0.3, 0.4) is 0 Å². The number of thiophene rings is 1.